The molecule has 6 nitrogen and oxygen atoms in total. The third kappa shape index (κ3) is 4.14. The number of amides is 2. The number of nitrogens with one attached hydrogen (secondary N) is 1. The average molecular weight is 354 g/mol. The SMILES string of the molecule is CC1Oc2cc(NC(=O)CCCOc3ccccc3)ccc2N(C)C1=O. The molecule has 0 radical (unpaired) electrons. The summed E-state index contributed by atoms with van der Waals surface area (Å²) in [5, 5.41) is 2.85. The number of hydrogen-bond acceptors (Lipinski definition) is 4. The number of ether oxygens (including phenoxy) is 2. The number of carbonyl (C=O) groups is 2. The molecule has 1 atom stereocenters. The molecular formula is C20H22N2O4. The van der Waals surface area contributed by atoms with Gasteiger partial charge < -0.3 is 19.7 Å². The Morgan fingerprint density at radius 3 is 2.77 bits per heavy atom. The van der Waals surface area contributed by atoms with Crippen molar-refractivity contribution in [1.82, 2.24) is 0 Å². The summed E-state index contributed by atoms with van der Waals surface area (Å²) in [6.45, 7) is 2.19. The highest BCUT2D eigenvalue weighted by atomic mass is 16.5. The van der Waals surface area contributed by atoms with Gasteiger partial charge in [0.25, 0.3) is 5.91 Å². The lowest BCUT2D eigenvalue weighted by Crippen LogP contribution is -2.41. The van der Waals surface area contributed by atoms with Crippen molar-refractivity contribution < 1.29 is 19.1 Å². The largest absolute Gasteiger partial charge is 0.494 e. The molecule has 1 heterocycles. The molecule has 0 bridgehead atoms. The van der Waals surface area contributed by atoms with Gasteiger partial charge in [-0.2, -0.15) is 0 Å². The van der Waals surface area contributed by atoms with Gasteiger partial charge in [0.2, 0.25) is 5.91 Å². The van der Waals surface area contributed by atoms with Gasteiger partial charge in [-0.15, -0.1) is 0 Å². The number of likely N-dealkylation sites (N-methyl/N-ethyl adjacent to an activating group) is 1. The lowest BCUT2D eigenvalue weighted by Gasteiger charge is -2.30. The lowest BCUT2D eigenvalue weighted by atomic mass is 10.2. The van der Waals surface area contributed by atoms with E-state index in [0.29, 0.717) is 36.6 Å². The van der Waals surface area contributed by atoms with Crippen molar-refractivity contribution in [3.63, 3.8) is 0 Å². The molecule has 0 spiro atoms. The summed E-state index contributed by atoms with van der Waals surface area (Å²) in [6.07, 6.45) is 0.448. The zero-order valence-corrected chi connectivity index (χ0v) is 14.9. The molecular weight excluding hydrogens is 332 g/mol. The predicted octanol–water partition coefficient (Wildman–Crippen LogP) is 3.23. The van der Waals surface area contributed by atoms with Crippen LogP contribution in [0.3, 0.4) is 0 Å². The van der Waals surface area contributed by atoms with Crippen LogP contribution in [-0.4, -0.2) is 31.6 Å². The number of nitrogens with zero attached hydrogens (tertiary/aromatic N) is 1. The first-order valence-electron chi connectivity index (χ1n) is 8.60. The van der Waals surface area contributed by atoms with Crippen molar-refractivity contribution in [3.8, 4) is 11.5 Å². The number of benzene rings is 2. The second kappa shape index (κ2) is 7.91. The third-order valence-corrected chi connectivity index (χ3v) is 4.15. The van der Waals surface area contributed by atoms with E-state index in [4.69, 9.17) is 9.47 Å². The van der Waals surface area contributed by atoms with Crippen molar-refractivity contribution in [2.45, 2.75) is 25.9 Å². The Morgan fingerprint density at radius 1 is 1.23 bits per heavy atom. The number of rotatable bonds is 6. The summed E-state index contributed by atoms with van der Waals surface area (Å²) >= 11 is 0. The fourth-order valence-electron chi connectivity index (χ4n) is 2.76. The fourth-order valence-corrected chi connectivity index (χ4v) is 2.76. The van der Waals surface area contributed by atoms with Crippen LogP contribution in [0.15, 0.2) is 48.5 Å². The second-order valence-corrected chi connectivity index (χ2v) is 6.15. The number of para-hydroxylation sites is 1. The molecule has 1 unspecified atom stereocenters. The molecule has 1 aliphatic rings. The molecule has 0 saturated carbocycles. The van der Waals surface area contributed by atoms with Crippen molar-refractivity contribution in [1.29, 1.82) is 0 Å². The van der Waals surface area contributed by atoms with E-state index in [1.807, 2.05) is 30.3 Å². The highest BCUT2D eigenvalue weighted by Gasteiger charge is 2.28. The molecule has 1 N–H and O–H groups in total. The van der Waals surface area contributed by atoms with Gasteiger partial charge in [0.15, 0.2) is 6.10 Å². The van der Waals surface area contributed by atoms with Gasteiger partial charge in [-0.1, -0.05) is 18.2 Å². The normalized spacial score (nSPS) is 15.8. The molecule has 2 aromatic carbocycles. The van der Waals surface area contributed by atoms with E-state index in [2.05, 4.69) is 5.32 Å². The lowest BCUT2D eigenvalue weighted by molar-refractivity contribution is -0.125. The molecule has 2 aromatic rings. The van der Waals surface area contributed by atoms with Gasteiger partial charge in [-0.3, -0.25) is 9.59 Å². The minimum absolute atomic E-state index is 0.0881. The molecule has 6 heteroatoms. The Balaban J connectivity index is 1.50. The van der Waals surface area contributed by atoms with Gasteiger partial charge in [-0.05, 0) is 37.6 Å². The molecule has 136 valence electrons. The quantitative estimate of drug-likeness (QED) is 0.809. The van der Waals surface area contributed by atoms with Crippen LogP contribution in [0.5, 0.6) is 11.5 Å². The van der Waals surface area contributed by atoms with Gasteiger partial charge in [-0.25, -0.2) is 0 Å². The topological polar surface area (TPSA) is 67.9 Å². The smallest absolute Gasteiger partial charge is 0.267 e. The summed E-state index contributed by atoms with van der Waals surface area (Å²) in [6, 6.07) is 14.8. The number of hydrogen-bond donors (Lipinski definition) is 1. The van der Waals surface area contributed by atoms with Crippen LogP contribution in [0.4, 0.5) is 11.4 Å². The van der Waals surface area contributed by atoms with Gasteiger partial charge in [0.1, 0.15) is 11.5 Å². The molecule has 26 heavy (non-hydrogen) atoms. The van der Waals surface area contributed by atoms with Gasteiger partial charge >= 0.3 is 0 Å². The standard InChI is InChI=1S/C20H22N2O4/c1-14-20(24)22(2)17-11-10-15(13-18(17)26-14)21-19(23)9-6-12-25-16-7-4-3-5-8-16/h3-5,7-8,10-11,13-14H,6,9,12H2,1-2H3,(H,21,23). The van der Waals surface area contributed by atoms with Crippen molar-refractivity contribution in [2.75, 3.05) is 23.9 Å². The summed E-state index contributed by atoms with van der Waals surface area (Å²) < 4.78 is 11.2. The molecule has 3 rings (SSSR count). The van der Waals surface area contributed by atoms with E-state index in [1.165, 1.54) is 0 Å². The molecule has 0 aromatic heterocycles. The van der Waals surface area contributed by atoms with E-state index >= 15 is 0 Å². The summed E-state index contributed by atoms with van der Waals surface area (Å²) in [5.41, 5.74) is 1.34. The van der Waals surface area contributed by atoms with Crippen LogP contribution < -0.4 is 19.7 Å². The number of anilines is 2. The van der Waals surface area contributed by atoms with E-state index in [0.717, 1.165) is 5.75 Å². The zero-order valence-electron chi connectivity index (χ0n) is 14.9. The maximum atomic E-state index is 12.1. The first-order valence-corrected chi connectivity index (χ1v) is 8.60. The maximum absolute atomic E-state index is 12.1. The Morgan fingerprint density at radius 2 is 2.00 bits per heavy atom. The Bertz CT molecular complexity index is 792. The van der Waals surface area contributed by atoms with Crippen LogP contribution in [0, 0.1) is 0 Å². The van der Waals surface area contributed by atoms with Gasteiger partial charge in [0.05, 0.1) is 12.3 Å². The first-order chi connectivity index (χ1) is 12.5. The number of fused-ring (bicyclic) bond motifs is 1. The van der Waals surface area contributed by atoms with Crippen LogP contribution in [-0.2, 0) is 9.59 Å². The van der Waals surface area contributed by atoms with E-state index in [9.17, 15) is 9.59 Å². The zero-order chi connectivity index (χ0) is 18.5. The van der Waals surface area contributed by atoms with Crippen molar-refractivity contribution in [3.05, 3.63) is 48.5 Å². The highest BCUT2D eigenvalue weighted by molar-refractivity contribution is 6.00. The minimum atomic E-state index is -0.534. The monoisotopic (exact) mass is 354 g/mol. The third-order valence-electron chi connectivity index (χ3n) is 4.15. The van der Waals surface area contributed by atoms with Crippen LogP contribution in [0.2, 0.25) is 0 Å². The summed E-state index contributed by atoms with van der Waals surface area (Å²) in [4.78, 5) is 25.6. The second-order valence-electron chi connectivity index (χ2n) is 6.15. The Labute approximate surface area is 152 Å². The molecule has 1 aliphatic heterocycles. The maximum Gasteiger partial charge on any atom is 0.267 e. The summed E-state index contributed by atoms with van der Waals surface area (Å²) in [7, 11) is 1.71. The van der Waals surface area contributed by atoms with E-state index < -0.39 is 6.10 Å². The minimum Gasteiger partial charge on any atom is -0.494 e. The Kier molecular flexibility index (Phi) is 5.41. The van der Waals surface area contributed by atoms with Crippen LogP contribution >= 0.6 is 0 Å². The fraction of sp³-hybridized carbons (Fsp3) is 0.300. The van der Waals surface area contributed by atoms with Crippen LogP contribution in [0.25, 0.3) is 0 Å². The molecule has 0 aliphatic carbocycles. The molecule has 2 amide bonds. The molecule has 0 fully saturated rings. The average Bonchev–Trinajstić information content (AvgIpc) is 2.64. The Hall–Kier alpha value is -3.02. The van der Waals surface area contributed by atoms with Crippen molar-refractivity contribution >= 4 is 23.2 Å². The predicted molar refractivity (Wildman–Crippen MR) is 99.7 cm³/mol. The van der Waals surface area contributed by atoms with E-state index in [1.54, 1.807) is 37.1 Å². The van der Waals surface area contributed by atoms with Crippen LogP contribution in [0.1, 0.15) is 19.8 Å². The highest BCUT2D eigenvalue weighted by Crippen LogP contribution is 2.35. The van der Waals surface area contributed by atoms with Gasteiger partial charge in [0, 0.05) is 25.2 Å². The number of carbonyl (C=O) groups excluding carboxylic acids is 2. The summed E-state index contributed by atoms with van der Waals surface area (Å²) in [5.74, 6) is 1.21. The van der Waals surface area contributed by atoms with Crippen molar-refractivity contribution in [2.24, 2.45) is 0 Å². The van der Waals surface area contributed by atoms with E-state index in [-0.39, 0.29) is 11.8 Å². The molecule has 0 saturated heterocycles. The first kappa shape index (κ1) is 17.8.